The van der Waals surface area contributed by atoms with Crippen molar-refractivity contribution >= 4 is 71.6 Å². The van der Waals surface area contributed by atoms with Crippen molar-refractivity contribution in [2.24, 2.45) is 11.8 Å². The van der Waals surface area contributed by atoms with Crippen molar-refractivity contribution < 1.29 is 0 Å². The van der Waals surface area contributed by atoms with Crippen molar-refractivity contribution in [1.82, 2.24) is 4.98 Å². The lowest BCUT2D eigenvalue weighted by atomic mass is 9.75. The molecule has 3 unspecified atom stereocenters. The topological polar surface area (TPSA) is 42.9 Å². The SMILES string of the molecule is CC1C(=N)N(c2cccc(-c3ccccc3)c2)C2=Cc3sc4cc5c(cc4c3C(C2)C1C)[nH]c1ccc(-c2ccc3ccccc3c2)cc15. The van der Waals surface area contributed by atoms with E-state index >= 15 is 0 Å². The molecule has 3 atom stereocenters. The zero-order valence-electron chi connectivity index (χ0n) is 27.5. The van der Waals surface area contributed by atoms with Crippen molar-refractivity contribution in [3.63, 3.8) is 0 Å². The fourth-order valence-corrected chi connectivity index (χ4v) is 9.68. The summed E-state index contributed by atoms with van der Waals surface area (Å²) in [5, 5.41) is 15.9. The minimum atomic E-state index is 0.113. The molecule has 3 nitrogen and oxygen atoms in total. The Bertz CT molecular complexity index is 2660. The summed E-state index contributed by atoms with van der Waals surface area (Å²) >= 11 is 1.91. The summed E-state index contributed by atoms with van der Waals surface area (Å²) in [7, 11) is 0. The van der Waals surface area contributed by atoms with Gasteiger partial charge in [-0.25, -0.2) is 0 Å². The quantitative estimate of drug-likeness (QED) is 0.196. The number of anilines is 1. The number of thiophene rings is 1. The molecule has 1 saturated heterocycles. The van der Waals surface area contributed by atoms with E-state index in [1.807, 2.05) is 11.3 Å². The van der Waals surface area contributed by atoms with Gasteiger partial charge < -0.3 is 9.88 Å². The summed E-state index contributed by atoms with van der Waals surface area (Å²) < 4.78 is 1.34. The maximum absolute atomic E-state index is 9.48. The second-order valence-electron chi connectivity index (χ2n) is 14.0. The van der Waals surface area contributed by atoms with Crippen LogP contribution < -0.4 is 4.90 Å². The monoisotopic (exact) mass is 649 g/mol. The first-order valence-corrected chi connectivity index (χ1v) is 18.1. The van der Waals surface area contributed by atoms with E-state index in [0.717, 1.165) is 12.1 Å². The first-order chi connectivity index (χ1) is 24.0. The van der Waals surface area contributed by atoms with Gasteiger partial charge >= 0.3 is 0 Å². The minimum absolute atomic E-state index is 0.113. The molecule has 2 N–H and O–H groups in total. The van der Waals surface area contributed by atoms with E-state index in [4.69, 9.17) is 0 Å². The highest BCUT2D eigenvalue weighted by Crippen LogP contribution is 2.52. The van der Waals surface area contributed by atoms with Gasteiger partial charge in [-0.1, -0.05) is 98.8 Å². The molecule has 6 aromatic carbocycles. The van der Waals surface area contributed by atoms with Gasteiger partial charge in [0.1, 0.15) is 5.84 Å². The van der Waals surface area contributed by atoms with Crippen LogP contribution in [0.3, 0.4) is 0 Å². The van der Waals surface area contributed by atoms with E-state index in [2.05, 4.69) is 157 Å². The highest BCUT2D eigenvalue weighted by atomic mass is 32.1. The zero-order chi connectivity index (χ0) is 32.8. The number of fused-ring (bicyclic) bond motifs is 10. The third kappa shape index (κ3) is 4.44. The molecule has 0 saturated carbocycles. The van der Waals surface area contributed by atoms with Crippen LogP contribution in [0.2, 0.25) is 0 Å². The molecule has 236 valence electrons. The average Bonchev–Trinajstić information content (AvgIpc) is 3.67. The van der Waals surface area contributed by atoms with Crippen molar-refractivity contribution in [1.29, 1.82) is 5.41 Å². The van der Waals surface area contributed by atoms with E-state index in [1.165, 1.54) is 81.1 Å². The van der Waals surface area contributed by atoms with Crippen molar-refractivity contribution in [3.8, 4) is 22.3 Å². The molecule has 2 aliphatic rings. The van der Waals surface area contributed by atoms with Crippen LogP contribution >= 0.6 is 11.3 Å². The molecule has 8 aromatic rings. The van der Waals surface area contributed by atoms with Crippen molar-refractivity contribution in [3.05, 3.63) is 144 Å². The van der Waals surface area contributed by atoms with Gasteiger partial charge in [-0.2, -0.15) is 0 Å². The number of aromatic nitrogens is 1. The number of nitrogens with zero attached hydrogens (tertiary/aromatic N) is 1. The largest absolute Gasteiger partial charge is 0.354 e. The predicted molar refractivity (Wildman–Crippen MR) is 210 cm³/mol. The van der Waals surface area contributed by atoms with Gasteiger partial charge in [0.2, 0.25) is 0 Å². The smallest absolute Gasteiger partial charge is 0.108 e. The Morgan fingerprint density at radius 3 is 2.27 bits per heavy atom. The Hall–Kier alpha value is -5.45. The Labute approximate surface area is 289 Å². The Kier molecular flexibility index (Phi) is 6.28. The number of hydrogen-bond acceptors (Lipinski definition) is 2. The molecule has 10 rings (SSSR count). The van der Waals surface area contributed by atoms with E-state index in [1.54, 1.807) is 0 Å². The standard InChI is InChI=1S/C45H35N3S/c1-26-27(2)45(46)48(34-14-8-13-31(20-34)28-9-4-3-5-10-28)35-22-36(26)44-39-24-41-38(25-42(39)49-43(44)23-35)37-21-33(17-18-40(37)47-41)32-16-15-29-11-6-7-12-30(29)19-32/h3-21,23-27,36,46-47H,22H2,1-2H3. The van der Waals surface area contributed by atoms with Crippen LogP contribution in [0.25, 0.3) is 71.0 Å². The van der Waals surface area contributed by atoms with Gasteiger partial charge in [0.15, 0.2) is 0 Å². The molecule has 49 heavy (non-hydrogen) atoms. The van der Waals surface area contributed by atoms with Gasteiger partial charge in [0, 0.05) is 48.7 Å². The summed E-state index contributed by atoms with van der Waals surface area (Å²) in [6.45, 7) is 4.61. The summed E-state index contributed by atoms with van der Waals surface area (Å²) in [6.07, 6.45) is 3.32. The molecule has 0 spiro atoms. The summed E-state index contributed by atoms with van der Waals surface area (Å²) in [6, 6.07) is 46.3. The zero-order valence-corrected chi connectivity index (χ0v) is 28.3. The molecule has 0 radical (unpaired) electrons. The van der Waals surface area contributed by atoms with Gasteiger partial charge in [0.25, 0.3) is 0 Å². The van der Waals surface area contributed by atoms with E-state index < -0.39 is 0 Å². The molecule has 4 heteroatoms. The fourth-order valence-electron chi connectivity index (χ4n) is 8.42. The molecular formula is C45H35N3S. The number of hydrogen-bond donors (Lipinski definition) is 2. The number of allylic oxidation sites excluding steroid dienone is 1. The van der Waals surface area contributed by atoms with Crippen LogP contribution in [-0.4, -0.2) is 10.8 Å². The summed E-state index contributed by atoms with van der Waals surface area (Å²) in [5.74, 6) is 1.48. The third-order valence-corrected chi connectivity index (χ3v) is 12.4. The summed E-state index contributed by atoms with van der Waals surface area (Å²) in [4.78, 5) is 7.35. The Morgan fingerprint density at radius 1 is 0.653 bits per heavy atom. The van der Waals surface area contributed by atoms with Gasteiger partial charge in [-0.05, 0) is 111 Å². The van der Waals surface area contributed by atoms with Crippen LogP contribution in [0.1, 0.15) is 36.6 Å². The van der Waals surface area contributed by atoms with Gasteiger partial charge in [-0.15, -0.1) is 11.3 Å². The molecule has 3 heterocycles. The van der Waals surface area contributed by atoms with Crippen LogP contribution in [0, 0.1) is 17.2 Å². The highest BCUT2D eigenvalue weighted by Gasteiger charge is 2.40. The third-order valence-electron chi connectivity index (χ3n) is 11.2. The van der Waals surface area contributed by atoms with E-state index in [0.29, 0.717) is 17.7 Å². The van der Waals surface area contributed by atoms with Crippen molar-refractivity contribution in [2.75, 3.05) is 4.90 Å². The van der Waals surface area contributed by atoms with Crippen LogP contribution in [0.5, 0.6) is 0 Å². The maximum Gasteiger partial charge on any atom is 0.108 e. The maximum atomic E-state index is 9.48. The van der Waals surface area contributed by atoms with E-state index in [-0.39, 0.29) is 5.92 Å². The molecule has 1 aliphatic heterocycles. The Balaban J connectivity index is 1.10. The number of nitrogens with one attached hydrogen (secondary N) is 2. The minimum Gasteiger partial charge on any atom is -0.354 e. The first kappa shape index (κ1) is 28.6. The lowest BCUT2D eigenvalue weighted by molar-refractivity contribution is 0.398. The molecule has 0 amide bonds. The highest BCUT2D eigenvalue weighted by molar-refractivity contribution is 7.20. The van der Waals surface area contributed by atoms with Crippen LogP contribution in [0.4, 0.5) is 5.69 Å². The second kappa shape index (κ2) is 10.8. The summed E-state index contributed by atoms with van der Waals surface area (Å²) in [5.41, 5.74) is 11.0. The van der Waals surface area contributed by atoms with Crippen LogP contribution in [0.15, 0.2) is 133 Å². The molecule has 1 fully saturated rings. The molecular weight excluding hydrogens is 615 g/mol. The first-order valence-electron chi connectivity index (χ1n) is 17.3. The number of aromatic amines is 1. The van der Waals surface area contributed by atoms with E-state index in [9.17, 15) is 5.41 Å². The van der Waals surface area contributed by atoms with Gasteiger partial charge in [-0.3, -0.25) is 5.41 Å². The van der Waals surface area contributed by atoms with Crippen LogP contribution in [-0.2, 0) is 0 Å². The number of amidine groups is 1. The predicted octanol–water partition coefficient (Wildman–Crippen LogP) is 12.6. The Morgan fingerprint density at radius 2 is 1.39 bits per heavy atom. The number of benzene rings is 6. The lowest BCUT2D eigenvalue weighted by Gasteiger charge is -2.30. The second-order valence-corrected chi connectivity index (χ2v) is 15.0. The number of H-pyrrole nitrogens is 1. The fraction of sp³-hybridized carbons (Fsp3) is 0.133. The molecule has 1 aliphatic carbocycles. The average molecular weight is 650 g/mol. The number of rotatable bonds is 3. The molecule has 2 bridgehead atoms. The van der Waals surface area contributed by atoms with Crippen molar-refractivity contribution in [2.45, 2.75) is 26.2 Å². The van der Waals surface area contributed by atoms with Gasteiger partial charge in [0.05, 0.1) is 0 Å². The normalized spacial score (nSPS) is 19.1. The molecule has 2 aromatic heterocycles. The lowest BCUT2D eigenvalue weighted by Crippen LogP contribution is -2.33.